The Morgan fingerprint density at radius 2 is 2.38 bits per heavy atom. The first-order valence-corrected chi connectivity index (χ1v) is 3.80. The average molecular weight is 133 g/mol. The lowest BCUT2D eigenvalue weighted by Crippen LogP contribution is -2.40. The second kappa shape index (κ2) is 1.56. The van der Waals surface area contributed by atoms with Crippen LogP contribution in [0.25, 0.3) is 0 Å². The van der Waals surface area contributed by atoms with E-state index < -0.39 is 10.0 Å². The van der Waals surface area contributed by atoms with Crippen molar-refractivity contribution in [1.82, 2.24) is 4.72 Å². The summed E-state index contributed by atoms with van der Waals surface area (Å²) in [6.07, 6.45) is 1.60. The third-order valence-corrected chi connectivity index (χ3v) is 2.70. The van der Waals surface area contributed by atoms with Crippen molar-refractivity contribution in [3.05, 3.63) is 11.0 Å². The van der Waals surface area contributed by atoms with Crippen LogP contribution in [-0.2, 0) is 10.0 Å². The molecular formula is C4H7NO2S. The molecule has 0 aliphatic carbocycles. The lowest BCUT2D eigenvalue weighted by molar-refractivity contribution is 0.577. The molecule has 0 spiro atoms. The first-order valence-electron chi connectivity index (χ1n) is 2.31. The Morgan fingerprint density at radius 1 is 1.75 bits per heavy atom. The quantitative estimate of drug-likeness (QED) is 0.498. The van der Waals surface area contributed by atoms with Crippen molar-refractivity contribution in [2.45, 2.75) is 6.92 Å². The molecule has 46 valence electrons. The Labute approximate surface area is 48.4 Å². The van der Waals surface area contributed by atoms with Gasteiger partial charge in [-0.05, 0) is 6.92 Å². The van der Waals surface area contributed by atoms with Crippen molar-refractivity contribution in [1.29, 1.82) is 0 Å². The Hall–Kier alpha value is -0.350. The zero-order valence-electron chi connectivity index (χ0n) is 4.51. The minimum atomic E-state index is -2.96. The molecule has 8 heavy (non-hydrogen) atoms. The highest BCUT2D eigenvalue weighted by molar-refractivity contribution is 7.94. The highest BCUT2D eigenvalue weighted by Gasteiger charge is 2.25. The van der Waals surface area contributed by atoms with Crippen LogP contribution in [0.5, 0.6) is 0 Å². The monoisotopic (exact) mass is 133 g/mol. The summed E-state index contributed by atoms with van der Waals surface area (Å²) in [5, 5.41) is 0. The Balaban J connectivity index is 2.96. The van der Waals surface area contributed by atoms with Gasteiger partial charge in [-0.25, -0.2) is 13.1 Å². The van der Waals surface area contributed by atoms with Crippen molar-refractivity contribution in [2.24, 2.45) is 0 Å². The molecule has 0 unspecified atom stereocenters. The van der Waals surface area contributed by atoms with Gasteiger partial charge in [0, 0.05) is 6.54 Å². The first kappa shape index (κ1) is 5.78. The zero-order chi connectivity index (χ0) is 6.20. The van der Waals surface area contributed by atoms with Gasteiger partial charge in [-0.1, -0.05) is 6.08 Å². The fourth-order valence-electron chi connectivity index (χ4n) is 0.531. The number of rotatable bonds is 0. The van der Waals surface area contributed by atoms with Crippen LogP contribution >= 0.6 is 0 Å². The Kier molecular flexibility index (Phi) is 1.13. The molecule has 0 radical (unpaired) electrons. The normalized spacial score (nSPS) is 29.9. The summed E-state index contributed by atoms with van der Waals surface area (Å²) in [5.41, 5.74) is 0. The topological polar surface area (TPSA) is 46.2 Å². The van der Waals surface area contributed by atoms with Gasteiger partial charge in [0.2, 0.25) is 10.0 Å². The minimum absolute atomic E-state index is 0.498. The molecule has 0 aromatic heterocycles. The molecule has 1 rings (SSSR count). The number of sulfonamides is 1. The second-order valence-corrected chi connectivity index (χ2v) is 3.40. The summed E-state index contributed by atoms with van der Waals surface area (Å²) in [6.45, 7) is 2.21. The molecule has 1 fully saturated rings. The van der Waals surface area contributed by atoms with E-state index in [4.69, 9.17) is 0 Å². The second-order valence-electron chi connectivity index (χ2n) is 1.58. The van der Waals surface area contributed by atoms with E-state index in [-0.39, 0.29) is 0 Å². The maximum absolute atomic E-state index is 10.5. The van der Waals surface area contributed by atoms with Crippen LogP contribution in [0, 0.1) is 0 Å². The molecule has 0 aromatic rings. The molecule has 3 nitrogen and oxygen atoms in total. The van der Waals surface area contributed by atoms with Crippen LogP contribution in [-0.4, -0.2) is 15.0 Å². The van der Waals surface area contributed by atoms with Gasteiger partial charge in [0.05, 0.1) is 4.91 Å². The SMILES string of the molecule is C/C=C1/CNS1(=O)=O. The third-order valence-electron chi connectivity index (χ3n) is 1.10. The van der Waals surface area contributed by atoms with Crippen LogP contribution in [0.15, 0.2) is 11.0 Å². The summed E-state index contributed by atoms with van der Waals surface area (Å²) in [7, 11) is -2.96. The molecule has 0 aromatic carbocycles. The molecule has 1 aliphatic rings. The summed E-state index contributed by atoms with van der Waals surface area (Å²) < 4.78 is 23.2. The lowest BCUT2D eigenvalue weighted by atomic mass is 10.5. The number of hydrogen-bond donors (Lipinski definition) is 1. The van der Waals surface area contributed by atoms with E-state index in [2.05, 4.69) is 4.72 Å². The van der Waals surface area contributed by atoms with Gasteiger partial charge in [-0.2, -0.15) is 0 Å². The van der Waals surface area contributed by atoms with Crippen LogP contribution in [0.3, 0.4) is 0 Å². The van der Waals surface area contributed by atoms with Crippen molar-refractivity contribution < 1.29 is 8.42 Å². The predicted octanol–water partition coefficient (Wildman–Crippen LogP) is -0.177. The predicted molar refractivity (Wildman–Crippen MR) is 30.7 cm³/mol. The average Bonchev–Trinajstić information content (AvgIpc) is 1.66. The van der Waals surface area contributed by atoms with Gasteiger partial charge in [0.15, 0.2) is 0 Å². The fourth-order valence-corrected chi connectivity index (χ4v) is 1.39. The van der Waals surface area contributed by atoms with E-state index in [0.717, 1.165) is 0 Å². The van der Waals surface area contributed by atoms with E-state index in [1.165, 1.54) is 0 Å². The maximum atomic E-state index is 10.5. The Morgan fingerprint density at radius 3 is 2.38 bits per heavy atom. The van der Waals surface area contributed by atoms with Crippen LogP contribution in [0.1, 0.15) is 6.92 Å². The van der Waals surface area contributed by atoms with Gasteiger partial charge in [0.1, 0.15) is 0 Å². The van der Waals surface area contributed by atoms with Gasteiger partial charge < -0.3 is 0 Å². The number of nitrogens with one attached hydrogen (secondary N) is 1. The summed E-state index contributed by atoms with van der Waals surface area (Å²) in [4.78, 5) is 0.498. The van der Waals surface area contributed by atoms with Crippen LogP contribution in [0.2, 0.25) is 0 Å². The molecule has 0 atom stereocenters. The highest BCUT2D eigenvalue weighted by Crippen LogP contribution is 2.11. The van der Waals surface area contributed by atoms with Gasteiger partial charge in [-0.15, -0.1) is 0 Å². The number of allylic oxidation sites excluding steroid dienone is 1. The number of hydrogen-bond acceptors (Lipinski definition) is 2. The molecule has 0 amide bonds. The fraction of sp³-hybridized carbons (Fsp3) is 0.500. The summed E-state index contributed by atoms with van der Waals surface area (Å²) >= 11 is 0. The standard InChI is InChI=1S/C4H7NO2S/c1-2-4-3-5-8(4,6)7/h2,5H,3H2,1H3/b4-2-. The van der Waals surface area contributed by atoms with Crippen LogP contribution < -0.4 is 4.72 Å². The van der Waals surface area contributed by atoms with Crippen molar-refractivity contribution in [2.75, 3.05) is 6.54 Å². The molecule has 1 heterocycles. The molecule has 4 heteroatoms. The smallest absolute Gasteiger partial charge is 0.207 e. The van der Waals surface area contributed by atoms with Gasteiger partial charge in [-0.3, -0.25) is 0 Å². The van der Waals surface area contributed by atoms with E-state index >= 15 is 0 Å². The summed E-state index contributed by atoms with van der Waals surface area (Å²) in [6, 6.07) is 0. The lowest BCUT2D eigenvalue weighted by Gasteiger charge is -2.17. The molecule has 1 aliphatic heterocycles. The molecule has 0 saturated carbocycles. The Bertz CT molecular complexity index is 214. The first-order chi connectivity index (χ1) is 3.67. The molecule has 0 bridgehead atoms. The third kappa shape index (κ3) is 0.656. The van der Waals surface area contributed by atoms with E-state index in [9.17, 15) is 8.42 Å². The highest BCUT2D eigenvalue weighted by atomic mass is 32.2. The van der Waals surface area contributed by atoms with E-state index in [1.807, 2.05) is 0 Å². The van der Waals surface area contributed by atoms with E-state index in [1.54, 1.807) is 13.0 Å². The molecule has 1 saturated heterocycles. The van der Waals surface area contributed by atoms with Crippen LogP contribution in [0.4, 0.5) is 0 Å². The van der Waals surface area contributed by atoms with E-state index in [0.29, 0.717) is 11.4 Å². The van der Waals surface area contributed by atoms with Crippen molar-refractivity contribution in [3.63, 3.8) is 0 Å². The minimum Gasteiger partial charge on any atom is -0.207 e. The largest absolute Gasteiger partial charge is 0.238 e. The van der Waals surface area contributed by atoms with Crippen molar-refractivity contribution >= 4 is 10.0 Å². The zero-order valence-corrected chi connectivity index (χ0v) is 5.33. The summed E-state index contributed by atoms with van der Waals surface area (Å²) in [5.74, 6) is 0. The van der Waals surface area contributed by atoms with Crippen molar-refractivity contribution in [3.8, 4) is 0 Å². The molecule has 1 N–H and O–H groups in total. The van der Waals surface area contributed by atoms with Gasteiger partial charge in [0.25, 0.3) is 0 Å². The maximum Gasteiger partial charge on any atom is 0.238 e. The molecular weight excluding hydrogens is 126 g/mol. The van der Waals surface area contributed by atoms with Gasteiger partial charge >= 0.3 is 0 Å².